The smallest absolute Gasteiger partial charge is 0.255 e. The standard InChI is InChI=1S/C25H27FN4O4/c26-20-12-16(14-29-8-10-34-11-9-29)4-5-17(20)13-27-21-3-1-2-18-19(21)15-30(25(18)33)22-6-7-23(31)28-24(22)32/h1-5,12,22,27H,6-11,13-15H2,(H,28,31,32)/t22-/m1/s1/i8D2,9D2,10D2,11D2,13D2,14D2,15D2,22D. The van der Waals surface area contributed by atoms with E-state index in [0.29, 0.717) is 17.0 Å². The lowest BCUT2D eigenvalue weighted by Gasteiger charge is -2.29. The van der Waals surface area contributed by atoms with Gasteiger partial charge in [-0.3, -0.25) is 24.6 Å². The van der Waals surface area contributed by atoms with Crippen molar-refractivity contribution in [3.8, 4) is 0 Å². The molecule has 0 saturated carbocycles. The Bertz CT molecular complexity index is 1750. The number of nitrogens with one attached hydrogen (secondary N) is 2. The van der Waals surface area contributed by atoms with Crippen LogP contribution in [0, 0.1) is 5.82 Å². The van der Waals surface area contributed by atoms with Crippen LogP contribution in [0.25, 0.3) is 0 Å². The van der Waals surface area contributed by atoms with Crippen molar-refractivity contribution in [2.45, 2.75) is 38.4 Å². The van der Waals surface area contributed by atoms with Gasteiger partial charge in [-0.2, -0.15) is 0 Å². The molecule has 3 aliphatic heterocycles. The molecule has 3 amide bonds. The Balaban J connectivity index is 1.51. The van der Waals surface area contributed by atoms with E-state index in [1.54, 1.807) is 0 Å². The predicted octanol–water partition coefficient (Wildman–Crippen LogP) is 2.03. The second-order valence-corrected chi connectivity index (χ2v) is 7.23. The fourth-order valence-corrected chi connectivity index (χ4v) is 3.44. The van der Waals surface area contributed by atoms with Crippen molar-refractivity contribution in [2.24, 2.45) is 0 Å². The summed E-state index contributed by atoms with van der Waals surface area (Å²) in [4.78, 5) is 37.7. The Hall–Kier alpha value is -3.30. The second kappa shape index (κ2) is 9.52. The van der Waals surface area contributed by atoms with Gasteiger partial charge < -0.3 is 15.0 Å². The number of imide groups is 1. The lowest BCUT2D eigenvalue weighted by molar-refractivity contribution is -0.136. The molecule has 3 aliphatic rings. The molecule has 2 aromatic rings. The van der Waals surface area contributed by atoms with Crippen molar-refractivity contribution in [3.63, 3.8) is 0 Å². The molecule has 0 bridgehead atoms. The summed E-state index contributed by atoms with van der Waals surface area (Å²) in [6.45, 7) is -24.0. The summed E-state index contributed by atoms with van der Waals surface area (Å²) in [5, 5.41) is 4.20. The molecule has 2 aromatic carbocycles. The lowest BCUT2D eigenvalue weighted by Crippen LogP contribution is -2.52. The minimum Gasteiger partial charge on any atom is -0.381 e. The quantitative estimate of drug-likeness (QED) is 0.614. The fourth-order valence-electron chi connectivity index (χ4n) is 3.44. The maximum absolute atomic E-state index is 15.7. The lowest BCUT2D eigenvalue weighted by atomic mass is 10.0. The Kier molecular flexibility index (Phi) is 3.07. The highest BCUT2D eigenvalue weighted by molar-refractivity contribution is 6.06. The van der Waals surface area contributed by atoms with E-state index in [4.69, 9.17) is 20.6 Å². The Morgan fingerprint density at radius 3 is 2.82 bits per heavy atom. The number of benzene rings is 2. The van der Waals surface area contributed by atoms with Gasteiger partial charge in [0.15, 0.2) is 0 Å². The van der Waals surface area contributed by atoms with E-state index in [-0.39, 0.29) is 12.0 Å². The van der Waals surface area contributed by atoms with Gasteiger partial charge in [-0.15, -0.1) is 0 Å². The molecule has 3 heterocycles. The number of carbonyl (C=O) groups is 3. The largest absolute Gasteiger partial charge is 0.381 e. The molecule has 8 nitrogen and oxygen atoms in total. The Labute approximate surface area is 218 Å². The molecule has 1 atom stereocenters. The van der Waals surface area contributed by atoms with Crippen LogP contribution in [0.3, 0.4) is 0 Å². The predicted molar refractivity (Wildman–Crippen MR) is 122 cm³/mol. The molecular formula is C25H27FN4O4. The van der Waals surface area contributed by atoms with Crippen molar-refractivity contribution < 1.29 is 44.1 Å². The van der Waals surface area contributed by atoms with Crippen molar-refractivity contribution in [1.29, 1.82) is 0 Å². The Morgan fingerprint density at radius 1 is 1.24 bits per heavy atom. The molecule has 9 heteroatoms. The normalized spacial score (nSPS) is 37.9. The maximum Gasteiger partial charge on any atom is 0.255 e. The third-order valence-electron chi connectivity index (χ3n) is 5.05. The molecule has 5 rings (SSSR count). The van der Waals surface area contributed by atoms with E-state index in [0.717, 1.165) is 18.2 Å². The van der Waals surface area contributed by atoms with Crippen molar-refractivity contribution >= 4 is 23.4 Å². The van der Waals surface area contributed by atoms with Gasteiger partial charge in [0.1, 0.15) is 11.8 Å². The summed E-state index contributed by atoms with van der Waals surface area (Å²) < 4.78 is 144. The van der Waals surface area contributed by atoms with Crippen LogP contribution in [0.2, 0.25) is 0 Å². The zero-order valence-electron chi connectivity index (χ0n) is 32.3. The highest BCUT2D eigenvalue weighted by atomic mass is 19.1. The van der Waals surface area contributed by atoms with Gasteiger partial charge in [-0.05, 0) is 30.2 Å². The number of piperidine rings is 1. The van der Waals surface area contributed by atoms with E-state index in [1.807, 2.05) is 5.32 Å². The van der Waals surface area contributed by atoms with Gasteiger partial charge in [-0.1, -0.05) is 18.2 Å². The highest BCUT2D eigenvalue weighted by Gasteiger charge is 2.39. The van der Waals surface area contributed by atoms with Crippen LogP contribution < -0.4 is 10.6 Å². The number of morpholine rings is 1. The van der Waals surface area contributed by atoms with Crippen molar-refractivity contribution in [1.82, 2.24) is 15.1 Å². The number of carbonyl (C=O) groups excluding carboxylic acids is 3. The molecule has 0 unspecified atom stereocenters. The summed E-state index contributed by atoms with van der Waals surface area (Å²) in [5.41, 5.74) is -2.98. The number of ether oxygens (including phenoxy) is 1. The minimum absolute atomic E-state index is 0.332. The van der Waals surface area contributed by atoms with Gasteiger partial charge in [-0.25, -0.2) is 4.39 Å². The van der Waals surface area contributed by atoms with Crippen LogP contribution in [0.15, 0.2) is 36.4 Å². The molecule has 2 fully saturated rings. The second-order valence-electron chi connectivity index (χ2n) is 7.23. The summed E-state index contributed by atoms with van der Waals surface area (Å²) in [6, 6.07) is 2.77. The molecule has 0 radical (unpaired) electrons. The average Bonchev–Trinajstić information content (AvgIpc) is 3.14. The SMILES string of the molecule is [2H]C([2H])(Nc1cccc2c1C([2H])([2H])N([C@]1([2H])CCC(=O)NC1=O)C2=O)c1ccc(C([2H])([2H])N2C([2H])([2H])C([2H])([2H])OC([2H])([2H])C2([2H])[2H])cc1F. The number of nitrogens with zero attached hydrogens (tertiary/aromatic N) is 2. The molecule has 178 valence electrons. The average molecular weight is 482 g/mol. The first-order valence-electron chi connectivity index (χ1n) is 17.5. The first-order valence-corrected chi connectivity index (χ1v) is 9.99. The molecule has 34 heavy (non-hydrogen) atoms. The highest BCUT2D eigenvalue weighted by Crippen LogP contribution is 2.32. The summed E-state index contributed by atoms with van der Waals surface area (Å²) >= 11 is 0. The van der Waals surface area contributed by atoms with E-state index in [2.05, 4.69) is 10.1 Å². The molecule has 0 spiro atoms. The van der Waals surface area contributed by atoms with Crippen LogP contribution in [0.5, 0.6) is 0 Å². The van der Waals surface area contributed by atoms with Gasteiger partial charge in [0.2, 0.25) is 11.8 Å². The molecular weight excluding hydrogens is 439 g/mol. The third kappa shape index (κ3) is 4.53. The van der Waals surface area contributed by atoms with E-state index >= 15 is 4.39 Å². The zero-order chi connectivity index (χ0) is 37.1. The number of amides is 3. The van der Waals surface area contributed by atoms with Crippen LogP contribution in [-0.2, 0) is 33.8 Å². The summed E-state index contributed by atoms with van der Waals surface area (Å²) in [6.07, 6.45) is -0.901. The van der Waals surface area contributed by atoms with Crippen molar-refractivity contribution in [2.75, 3.05) is 31.4 Å². The van der Waals surface area contributed by atoms with Gasteiger partial charge in [0.25, 0.3) is 5.91 Å². The van der Waals surface area contributed by atoms with E-state index < -0.39 is 109 Å². The number of fused-ring (bicyclic) bond motifs is 1. The number of anilines is 1. The van der Waals surface area contributed by atoms with Crippen LogP contribution >= 0.6 is 0 Å². The van der Waals surface area contributed by atoms with Crippen LogP contribution in [0.1, 0.15) is 60.5 Å². The molecule has 2 saturated heterocycles. The number of halogens is 1. The number of hydrogen-bond acceptors (Lipinski definition) is 6. The minimum atomic E-state index is -3.68. The summed E-state index contributed by atoms with van der Waals surface area (Å²) in [5.74, 6) is -4.58. The number of rotatable bonds is 6. The molecule has 2 N–H and O–H groups in total. The summed E-state index contributed by atoms with van der Waals surface area (Å²) in [7, 11) is 0. The van der Waals surface area contributed by atoms with Gasteiger partial charge >= 0.3 is 0 Å². The third-order valence-corrected chi connectivity index (χ3v) is 5.05. The number of hydrogen-bond donors (Lipinski definition) is 2. The van der Waals surface area contributed by atoms with Crippen molar-refractivity contribution in [3.05, 3.63) is 64.5 Å². The van der Waals surface area contributed by atoms with Crippen LogP contribution in [-0.4, -0.2) is 59.7 Å². The topological polar surface area (TPSA) is 91.0 Å². The monoisotopic (exact) mass is 481 g/mol. The molecule has 0 aliphatic carbocycles. The van der Waals surface area contributed by atoms with Gasteiger partial charge in [0, 0.05) is 69.5 Å². The first kappa shape index (κ1) is 11.0. The first-order chi connectivity index (χ1) is 22.1. The maximum atomic E-state index is 15.7. The van der Waals surface area contributed by atoms with E-state index in [9.17, 15) is 14.4 Å². The van der Waals surface area contributed by atoms with Gasteiger partial charge in [0.05, 0.1) is 25.5 Å². The van der Waals surface area contributed by atoms with E-state index in [1.165, 1.54) is 6.07 Å². The Morgan fingerprint density at radius 2 is 2.06 bits per heavy atom. The fraction of sp³-hybridized carbons (Fsp3) is 0.400. The zero-order valence-corrected chi connectivity index (χ0v) is 17.3. The van der Waals surface area contributed by atoms with Crippen LogP contribution in [0.4, 0.5) is 10.1 Å². The molecule has 0 aromatic heterocycles.